The number of hydrogen-bond donors (Lipinski definition) is 0. The fourth-order valence-electron chi connectivity index (χ4n) is 1.27. The third-order valence-corrected chi connectivity index (χ3v) is 2.47. The molecule has 1 aromatic rings. The summed E-state index contributed by atoms with van der Waals surface area (Å²) in [5.41, 5.74) is 0. The Morgan fingerprint density at radius 3 is 2.87 bits per heavy atom. The predicted octanol–water partition coefficient (Wildman–Crippen LogP) is 1.07. The van der Waals surface area contributed by atoms with Crippen LogP contribution in [0.25, 0.3) is 0 Å². The Balaban J connectivity index is 2.16. The Morgan fingerprint density at radius 2 is 2.27 bits per heavy atom. The maximum Gasteiger partial charge on any atom is 0.229 e. The first-order valence-electron chi connectivity index (χ1n) is 4.45. The minimum atomic E-state index is 0.578. The highest BCUT2D eigenvalue weighted by Gasteiger charge is 2.12. The lowest BCUT2D eigenvalue weighted by atomic mass is 10.4. The van der Waals surface area contributed by atoms with E-state index in [-0.39, 0.29) is 0 Å². The van der Waals surface area contributed by atoms with E-state index in [9.17, 15) is 4.79 Å². The van der Waals surface area contributed by atoms with Gasteiger partial charge in [0, 0.05) is 6.54 Å². The minimum Gasteiger partial charge on any atom is -0.314 e. The van der Waals surface area contributed by atoms with E-state index < -0.39 is 0 Å². The van der Waals surface area contributed by atoms with Gasteiger partial charge in [0.15, 0.2) is 0 Å². The van der Waals surface area contributed by atoms with Gasteiger partial charge in [-0.2, -0.15) is 5.10 Å². The summed E-state index contributed by atoms with van der Waals surface area (Å²) in [4.78, 5) is 16.6. The predicted molar refractivity (Wildman–Crippen MR) is 60.5 cm³/mol. The molecule has 1 aliphatic rings. The minimum absolute atomic E-state index is 0.578. The number of halogens is 1. The molecule has 1 aliphatic heterocycles. The number of amides is 1. The van der Waals surface area contributed by atoms with Crippen LogP contribution in [0.1, 0.15) is 0 Å². The normalized spacial score (nSPS) is 15.5. The number of carbonyl (C=O) groups is 1. The van der Waals surface area contributed by atoms with Crippen molar-refractivity contribution in [2.24, 2.45) is 5.10 Å². The van der Waals surface area contributed by atoms with E-state index in [1.54, 1.807) is 6.34 Å². The zero-order chi connectivity index (χ0) is 10.7. The molecule has 6 heteroatoms. The van der Waals surface area contributed by atoms with Crippen molar-refractivity contribution in [2.75, 3.05) is 18.0 Å². The number of nitrogens with zero attached hydrogens (tertiary/aromatic N) is 4. The van der Waals surface area contributed by atoms with Crippen LogP contribution in [0.5, 0.6) is 0 Å². The van der Waals surface area contributed by atoms with E-state index in [1.807, 2.05) is 23.1 Å². The van der Waals surface area contributed by atoms with Crippen LogP contribution in [0.2, 0.25) is 0 Å². The summed E-state index contributed by atoms with van der Waals surface area (Å²) in [6.45, 7) is 1.28. The van der Waals surface area contributed by atoms with Crippen molar-refractivity contribution < 1.29 is 4.79 Å². The van der Waals surface area contributed by atoms with Gasteiger partial charge in [0.1, 0.15) is 16.8 Å². The molecule has 1 amide bonds. The van der Waals surface area contributed by atoms with Gasteiger partial charge < -0.3 is 4.90 Å². The van der Waals surface area contributed by atoms with Gasteiger partial charge in [-0.25, -0.2) is 9.99 Å². The van der Waals surface area contributed by atoms with Crippen molar-refractivity contribution in [1.82, 2.24) is 9.99 Å². The summed E-state index contributed by atoms with van der Waals surface area (Å²) in [6, 6.07) is 5.67. The summed E-state index contributed by atoms with van der Waals surface area (Å²) < 4.78 is 0.784. The van der Waals surface area contributed by atoms with Gasteiger partial charge in [0.25, 0.3) is 0 Å². The van der Waals surface area contributed by atoms with Crippen molar-refractivity contribution in [2.45, 2.75) is 0 Å². The highest BCUT2D eigenvalue weighted by atomic mass is 79.9. The largest absolute Gasteiger partial charge is 0.314 e. The smallest absolute Gasteiger partial charge is 0.229 e. The summed E-state index contributed by atoms with van der Waals surface area (Å²) in [5.74, 6) is 0.818. The molecule has 15 heavy (non-hydrogen) atoms. The van der Waals surface area contributed by atoms with Crippen LogP contribution in [0.4, 0.5) is 5.82 Å². The Bertz CT molecular complexity index is 395. The molecule has 5 nitrogen and oxygen atoms in total. The molecule has 0 fully saturated rings. The second-order valence-electron chi connectivity index (χ2n) is 3.01. The topological polar surface area (TPSA) is 48.8 Å². The van der Waals surface area contributed by atoms with Gasteiger partial charge in [-0.3, -0.25) is 4.79 Å². The number of hydrogen-bond acceptors (Lipinski definition) is 4. The lowest BCUT2D eigenvalue weighted by Crippen LogP contribution is -2.37. The fourth-order valence-corrected chi connectivity index (χ4v) is 1.60. The van der Waals surface area contributed by atoms with Crippen molar-refractivity contribution in [3.63, 3.8) is 0 Å². The average Bonchev–Trinajstić information content (AvgIpc) is 2.29. The first-order chi connectivity index (χ1) is 7.29. The number of pyridine rings is 1. The second kappa shape index (κ2) is 4.39. The van der Waals surface area contributed by atoms with Gasteiger partial charge in [0.05, 0.1) is 6.54 Å². The van der Waals surface area contributed by atoms with Crippen molar-refractivity contribution in [3.8, 4) is 0 Å². The molecule has 2 heterocycles. The molecule has 78 valence electrons. The first-order valence-corrected chi connectivity index (χ1v) is 5.24. The van der Waals surface area contributed by atoms with Crippen LogP contribution in [0.3, 0.4) is 0 Å². The highest BCUT2D eigenvalue weighted by molar-refractivity contribution is 9.10. The van der Waals surface area contributed by atoms with Crippen LogP contribution >= 0.6 is 15.9 Å². The Hall–Kier alpha value is -1.43. The summed E-state index contributed by atoms with van der Waals surface area (Å²) in [7, 11) is 0. The zero-order valence-corrected chi connectivity index (χ0v) is 9.46. The van der Waals surface area contributed by atoms with Crippen LogP contribution in [-0.4, -0.2) is 35.8 Å². The second-order valence-corrected chi connectivity index (χ2v) is 3.82. The Labute approximate surface area is 95.5 Å². The monoisotopic (exact) mass is 268 g/mol. The van der Waals surface area contributed by atoms with Crippen molar-refractivity contribution in [1.29, 1.82) is 0 Å². The summed E-state index contributed by atoms with van der Waals surface area (Å²) >= 11 is 3.31. The van der Waals surface area contributed by atoms with Crippen LogP contribution in [0, 0.1) is 0 Å². The number of hydrazone groups is 1. The van der Waals surface area contributed by atoms with E-state index in [0.717, 1.165) is 10.4 Å². The quantitative estimate of drug-likeness (QED) is 0.596. The molecule has 0 atom stereocenters. The van der Waals surface area contributed by atoms with E-state index in [1.165, 1.54) is 5.01 Å². The van der Waals surface area contributed by atoms with E-state index >= 15 is 0 Å². The number of anilines is 1. The maximum absolute atomic E-state index is 10.4. The zero-order valence-electron chi connectivity index (χ0n) is 7.88. The molecule has 0 bridgehead atoms. The molecule has 0 N–H and O–H groups in total. The molecule has 0 aliphatic carbocycles. The van der Waals surface area contributed by atoms with Crippen LogP contribution in [0.15, 0.2) is 27.9 Å². The molecule has 2 rings (SSSR count). The van der Waals surface area contributed by atoms with E-state index in [2.05, 4.69) is 26.0 Å². The standard InChI is InChI=1S/C9H9BrN4O/c10-8-2-1-3-9(12-8)13-4-5-14(7-15)11-6-13/h1-3,6-7H,4-5H2. The molecule has 0 saturated carbocycles. The number of carbonyl (C=O) groups excluding carboxylic acids is 1. The molecule has 0 unspecified atom stereocenters. The highest BCUT2D eigenvalue weighted by Crippen LogP contribution is 2.14. The van der Waals surface area contributed by atoms with Crippen LogP contribution in [-0.2, 0) is 4.79 Å². The molecule has 0 radical (unpaired) electrons. The lowest BCUT2D eigenvalue weighted by Gasteiger charge is -2.25. The molecule has 1 aromatic heterocycles. The lowest BCUT2D eigenvalue weighted by molar-refractivity contribution is -0.118. The van der Waals surface area contributed by atoms with Gasteiger partial charge in [-0.15, -0.1) is 0 Å². The van der Waals surface area contributed by atoms with Gasteiger partial charge >= 0.3 is 0 Å². The Kier molecular flexibility index (Phi) is 2.96. The Morgan fingerprint density at radius 1 is 1.40 bits per heavy atom. The van der Waals surface area contributed by atoms with Crippen molar-refractivity contribution >= 4 is 34.5 Å². The number of aromatic nitrogens is 1. The first kappa shape index (κ1) is 10.1. The molecular weight excluding hydrogens is 260 g/mol. The van der Waals surface area contributed by atoms with Gasteiger partial charge in [-0.05, 0) is 28.1 Å². The summed E-state index contributed by atoms with van der Waals surface area (Å²) in [5, 5.41) is 5.30. The number of rotatable bonds is 2. The van der Waals surface area contributed by atoms with Crippen molar-refractivity contribution in [3.05, 3.63) is 22.8 Å². The molecular formula is C9H9BrN4O. The SMILES string of the molecule is O=CN1CCN(c2cccc(Br)n2)C=N1. The molecule has 0 spiro atoms. The van der Waals surface area contributed by atoms with E-state index in [4.69, 9.17) is 0 Å². The maximum atomic E-state index is 10.4. The molecule has 0 aromatic carbocycles. The fraction of sp³-hybridized carbons (Fsp3) is 0.222. The average molecular weight is 269 g/mol. The summed E-state index contributed by atoms with van der Waals surface area (Å²) in [6.07, 6.45) is 2.31. The molecule has 0 saturated heterocycles. The van der Waals surface area contributed by atoms with E-state index in [0.29, 0.717) is 19.5 Å². The third kappa shape index (κ3) is 2.33. The van der Waals surface area contributed by atoms with Crippen LogP contribution < -0.4 is 4.90 Å². The van der Waals surface area contributed by atoms with Gasteiger partial charge in [0.2, 0.25) is 6.41 Å². The third-order valence-electron chi connectivity index (χ3n) is 2.03. The van der Waals surface area contributed by atoms with Gasteiger partial charge in [-0.1, -0.05) is 6.07 Å².